The van der Waals surface area contributed by atoms with Crippen LogP contribution < -0.4 is 9.64 Å². The maximum Gasteiger partial charge on any atom is 0.202 e. The quantitative estimate of drug-likeness (QED) is 0.721. The van der Waals surface area contributed by atoms with Crippen molar-refractivity contribution in [3.05, 3.63) is 40.4 Å². The van der Waals surface area contributed by atoms with Crippen molar-refractivity contribution in [2.45, 2.75) is 25.6 Å². The van der Waals surface area contributed by atoms with Crippen molar-refractivity contribution in [1.29, 1.82) is 0 Å². The van der Waals surface area contributed by atoms with Crippen LogP contribution in [0.5, 0.6) is 5.75 Å². The molecule has 2 heterocycles. The Morgan fingerprint density at radius 1 is 1.35 bits per heavy atom. The Morgan fingerprint density at radius 2 is 2.04 bits per heavy atom. The number of hydrogen-bond acceptors (Lipinski definition) is 5. The Hall–Kier alpha value is -1.71. The van der Waals surface area contributed by atoms with Crippen molar-refractivity contribution >= 4 is 22.1 Å². The average molecular weight is 398 g/mol. The van der Waals surface area contributed by atoms with Crippen molar-refractivity contribution in [3.63, 3.8) is 0 Å². The van der Waals surface area contributed by atoms with Crippen LogP contribution in [0.1, 0.15) is 23.7 Å². The number of sulfone groups is 1. The molecule has 0 bridgehead atoms. The molecule has 0 saturated carbocycles. The Bertz CT molecular complexity index is 932. The summed E-state index contributed by atoms with van der Waals surface area (Å²) in [6, 6.07) is 8.00. The summed E-state index contributed by atoms with van der Waals surface area (Å²) in [6.07, 6.45) is 0.622. The third-order valence-corrected chi connectivity index (χ3v) is 7.01. The smallest absolute Gasteiger partial charge is 0.202 e. The minimum atomic E-state index is -2.95. The predicted octanol–water partition coefficient (Wildman–Crippen LogP) is 0.534. The SMILES string of the molecule is COc1ccc(C[NH+](C)Cn2nc([C@@H]3CCS(=O)(=O)C3)n(C)c2=S)cc1. The van der Waals surface area contributed by atoms with E-state index in [1.54, 1.807) is 11.8 Å². The summed E-state index contributed by atoms with van der Waals surface area (Å²) in [5.74, 6) is 1.96. The predicted molar refractivity (Wildman–Crippen MR) is 102 cm³/mol. The van der Waals surface area contributed by atoms with Gasteiger partial charge in [-0.2, -0.15) is 9.78 Å². The van der Waals surface area contributed by atoms with Crippen LogP contribution in [0.4, 0.5) is 0 Å². The second-order valence-corrected chi connectivity index (χ2v) is 9.53. The topological polar surface area (TPSA) is 70.6 Å². The molecule has 1 N–H and O–H groups in total. The van der Waals surface area contributed by atoms with Gasteiger partial charge in [-0.15, -0.1) is 0 Å². The molecule has 2 atom stereocenters. The van der Waals surface area contributed by atoms with Gasteiger partial charge in [0, 0.05) is 18.5 Å². The number of hydrogen-bond donors (Lipinski definition) is 1. The van der Waals surface area contributed by atoms with Crippen LogP contribution in [0.3, 0.4) is 0 Å². The van der Waals surface area contributed by atoms with Crippen molar-refractivity contribution in [2.24, 2.45) is 7.05 Å². The largest absolute Gasteiger partial charge is 0.497 e. The van der Waals surface area contributed by atoms with Crippen LogP contribution in [-0.2, 0) is 30.1 Å². The number of aromatic nitrogens is 3. The maximum absolute atomic E-state index is 11.8. The standard InChI is InChI=1S/C17H24N4O3S2/c1-19(10-13-4-6-15(24-3)7-5-13)12-21-17(25)20(2)16(18-21)14-8-9-26(22,23)11-14/h4-7,14H,8-12H2,1-3H3/p+1/t14-/m1/s1. The van der Waals surface area contributed by atoms with E-state index in [9.17, 15) is 8.42 Å². The fraction of sp³-hybridized carbons (Fsp3) is 0.529. The molecule has 3 rings (SSSR count). The fourth-order valence-corrected chi connectivity index (χ4v) is 5.30. The zero-order valence-corrected chi connectivity index (χ0v) is 16.9. The molecule has 1 aromatic carbocycles. The Balaban J connectivity index is 1.71. The lowest BCUT2D eigenvalue weighted by atomic mass is 10.1. The van der Waals surface area contributed by atoms with E-state index in [0.29, 0.717) is 17.9 Å². The summed E-state index contributed by atoms with van der Waals surface area (Å²) in [4.78, 5) is 1.23. The molecule has 26 heavy (non-hydrogen) atoms. The number of quaternary nitrogens is 1. The molecule has 0 radical (unpaired) electrons. The highest BCUT2D eigenvalue weighted by atomic mass is 32.2. The van der Waals surface area contributed by atoms with E-state index in [1.807, 2.05) is 23.7 Å². The first-order valence-corrected chi connectivity index (χ1v) is 10.8. The first-order valence-electron chi connectivity index (χ1n) is 8.57. The van der Waals surface area contributed by atoms with Gasteiger partial charge in [-0.3, -0.25) is 0 Å². The zero-order valence-electron chi connectivity index (χ0n) is 15.3. The molecule has 0 amide bonds. The van der Waals surface area contributed by atoms with Gasteiger partial charge in [-0.05, 0) is 42.9 Å². The van der Waals surface area contributed by atoms with E-state index in [1.165, 1.54) is 10.5 Å². The van der Waals surface area contributed by atoms with Crippen LogP contribution in [0.2, 0.25) is 0 Å². The molecule has 1 aliphatic heterocycles. The number of methoxy groups -OCH3 is 1. The second-order valence-electron chi connectivity index (χ2n) is 6.94. The third-order valence-electron chi connectivity index (χ3n) is 4.76. The van der Waals surface area contributed by atoms with Gasteiger partial charge >= 0.3 is 0 Å². The fourth-order valence-electron chi connectivity index (χ4n) is 3.37. The zero-order chi connectivity index (χ0) is 18.9. The number of ether oxygens (including phenoxy) is 1. The van der Waals surface area contributed by atoms with E-state index < -0.39 is 9.84 Å². The van der Waals surface area contributed by atoms with Gasteiger partial charge in [-0.25, -0.2) is 8.42 Å². The number of nitrogens with zero attached hydrogens (tertiary/aromatic N) is 3. The Morgan fingerprint density at radius 3 is 2.62 bits per heavy atom. The lowest BCUT2D eigenvalue weighted by Crippen LogP contribution is -3.07. The van der Waals surface area contributed by atoms with E-state index in [2.05, 4.69) is 24.3 Å². The summed E-state index contributed by atoms with van der Waals surface area (Å²) < 4.78 is 33.0. The molecule has 2 aromatic rings. The van der Waals surface area contributed by atoms with Crippen LogP contribution in [0.15, 0.2) is 24.3 Å². The lowest BCUT2D eigenvalue weighted by molar-refractivity contribution is -0.917. The molecule has 1 aromatic heterocycles. The van der Waals surface area contributed by atoms with Gasteiger partial charge in [0.15, 0.2) is 16.5 Å². The summed E-state index contributed by atoms with van der Waals surface area (Å²) in [5, 5.41) is 4.64. The molecule has 9 heteroatoms. The first kappa shape index (κ1) is 19.1. The average Bonchev–Trinajstić information content (AvgIpc) is 3.09. The molecule has 1 fully saturated rings. The van der Waals surface area contributed by atoms with E-state index in [-0.39, 0.29) is 17.4 Å². The van der Waals surface area contributed by atoms with Crippen molar-refractivity contribution in [1.82, 2.24) is 14.3 Å². The molecule has 1 unspecified atom stereocenters. The Labute approximate surface area is 159 Å². The van der Waals surface area contributed by atoms with Gasteiger partial charge in [0.25, 0.3) is 0 Å². The van der Waals surface area contributed by atoms with E-state index in [0.717, 1.165) is 18.1 Å². The van der Waals surface area contributed by atoms with Crippen LogP contribution in [-0.4, -0.2) is 48.4 Å². The second kappa shape index (κ2) is 7.50. The minimum Gasteiger partial charge on any atom is -0.497 e. The van der Waals surface area contributed by atoms with Crippen LogP contribution in [0.25, 0.3) is 0 Å². The maximum atomic E-state index is 11.8. The molecule has 1 saturated heterocycles. The molecule has 7 nitrogen and oxygen atoms in total. The number of rotatable bonds is 6. The summed E-state index contributed by atoms with van der Waals surface area (Å²) in [5.41, 5.74) is 1.20. The highest BCUT2D eigenvalue weighted by Crippen LogP contribution is 2.27. The van der Waals surface area contributed by atoms with Gasteiger partial charge in [0.2, 0.25) is 4.77 Å². The first-order chi connectivity index (χ1) is 12.3. The summed E-state index contributed by atoms with van der Waals surface area (Å²) in [6.45, 7) is 1.45. The van der Waals surface area contributed by atoms with E-state index in [4.69, 9.17) is 17.0 Å². The van der Waals surface area contributed by atoms with Gasteiger partial charge < -0.3 is 14.2 Å². The van der Waals surface area contributed by atoms with E-state index >= 15 is 0 Å². The molecule has 0 spiro atoms. The highest BCUT2D eigenvalue weighted by molar-refractivity contribution is 7.91. The molecule has 0 aliphatic carbocycles. The van der Waals surface area contributed by atoms with Gasteiger partial charge in [0.1, 0.15) is 18.1 Å². The van der Waals surface area contributed by atoms with Gasteiger partial charge in [-0.1, -0.05) is 0 Å². The summed E-state index contributed by atoms with van der Waals surface area (Å²) >= 11 is 5.51. The third kappa shape index (κ3) is 4.16. The highest BCUT2D eigenvalue weighted by Gasteiger charge is 2.32. The molecular weight excluding hydrogens is 372 g/mol. The normalized spacial score (nSPS) is 20.2. The molecule has 142 valence electrons. The number of benzene rings is 1. The van der Waals surface area contributed by atoms with Crippen LogP contribution >= 0.6 is 12.2 Å². The van der Waals surface area contributed by atoms with Crippen molar-refractivity contribution in [2.75, 3.05) is 25.7 Å². The lowest BCUT2D eigenvalue weighted by Gasteiger charge is -2.14. The van der Waals surface area contributed by atoms with Crippen molar-refractivity contribution < 1.29 is 18.1 Å². The monoisotopic (exact) mass is 397 g/mol. The molecular formula is C17H25N4O3S2+. The summed E-state index contributed by atoms with van der Waals surface area (Å²) in [7, 11) is 2.66. The van der Waals surface area contributed by atoms with Crippen molar-refractivity contribution in [3.8, 4) is 5.75 Å². The minimum absolute atomic E-state index is 0.0603. The molecule has 1 aliphatic rings. The Kier molecular flexibility index (Phi) is 5.50. The van der Waals surface area contributed by atoms with Gasteiger partial charge in [0.05, 0.1) is 25.7 Å². The van der Waals surface area contributed by atoms with Crippen LogP contribution in [0, 0.1) is 4.77 Å². The number of nitrogens with one attached hydrogen (secondary N) is 1.